The van der Waals surface area contributed by atoms with E-state index in [1.807, 2.05) is 25.8 Å². The standard InChI is InChI=1S/C24H27F2N7O4.C11H11NO3.C10H10N2O3/c1-2-3-4-8-13-32-18-17(29-20(19(25)26)30-21(18)34)23(35)33(24(32)36)14-9-6-11-16-28-22(37-31-16)15-10-5-7-12-27-15;1-3-7-5-9(13)15-8-4-6(2)12-11(14)10(7)8;1-3-6-4-7(13)15-10-8(6)9(14)11-5(2)12-10/h5,7,10,12,19H,2-4,6,8-9,11,13-14H2,1H3,(H,29,30,34);5H,2-4H2,1H3,(H,12,14);4H,3H2,1-2H3,(H,11,12,14). The van der Waals surface area contributed by atoms with E-state index in [-0.39, 0.29) is 35.8 Å². The Balaban J connectivity index is 0.000000200. The molecule has 0 fully saturated rings. The third-order valence-electron chi connectivity index (χ3n) is 10.5. The fraction of sp³-hybridized carbons (Fsp3) is 0.378. The zero-order chi connectivity index (χ0) is 48.4. The Hall–Kier alpha value is -7.78. The van der Waals surface area contributed by atoms with Gasteiger partial charge in [0, 0.05) is 50.0 Å². The number of hydrogen-bond acceptors (Lipinski definition) is 15. The third-order valence-corrected chi connectivity index (χ3v) is 10.5. The van der Waals surface area contributed by atoms with E-state index in [1.54, 1.807) is 31.3 Å². The summed E-state index contributed by atoms with van der Waals surface area (Å²) in [6.07, 6.45) is 4.83. The van der Waals surface area contributed by atoms with E-state index in [9.17, 15) is 42.3 Å². The smallest absolute Gasteiger partial charge is 0.337 e. The monoisotopic (exact) mass is 926 g/mol. The molecule has 0 spiro atoms. The molecule has 8 rings (SSSR count). The first-order chi connectivity index (χ1) is 32.1. The van der Waals surface area contributed by atoms with Crippen molar-refractivity contribution in [3.05, 3.63) is 151 Å². The summed E-state index contributed by atoms with van der Waals surface area (Å²) in [6, 6.07) is 8.02. The van der Waals surface area contributed by atoms with Crippen LogP contribution in [0.25, 0.3) is 33.7 Å². The maximum Gasteiger partial charge on any atom is 0.337 e. The van der Waals surface area contributed by atoms with Gasteiger partial charge in [0.15, 0.2) is 17.2 Å². The number of rotatable bonds is 14. The number of fused-ring (bicyclic) bond motifs is 3. The van der Waals surface area contributed by atoms with Crippen LogP contribution in [-0.2, 0) is 38.8 Å². The van der Waals surface area contributed by atoms with Crippen molar-refractivity contribution >= 4 is 28.0 Å². The lowest BCUT2D eigenvalue weighted by molar-refractivity contribution is 0.0952. The molecule has 0 unspecified atom stereocenters. The third kappa shape index (κ3) is 11.6. The molecule has 352 valence electrons. The second kappa shape index (κ2) is 21.9. The van der Waals surface area contributed by atoms with Gasteiger partial charge >= 0.3 is 16.9 Å². The normalized spacial score (nSPS) is 12.1. The van der Waals surface area contributed by atoms with Crippen molar-refractivity contribution in [2.75, 3.05) is 0 Å². The summed E-state index contributed by atoms with van der Waals surface area (Å²) in [5, 5.41) is 6.93. The highest BCUT2D eigenvalue weighted by Gasteiger charge is 2.25. The lowest BCUT2D eigenvalue weighted by Crippen LogP contribution is -2.42. The largest absolute Gasteiger partial charge is 0.427 e. The van der Waals surface area contributed by atoms with E-state index in [2.05, 4.69) is 42.0 Å². The fourth-order valence-electron chi connectivity index (χ4n) is 7.31. The molecular formula is C45H48F2N10O10. The van der Waals surface area contributed by atoms with Gasteiger partial charge in [0.05, 0.1) is 5.56 Å². The second-order valence-electron chi connectivity index (χ2n) is 15.3. The molecule has 1 amide bonds. The molecule has 20 nitrogen and oxygen atoms in total. The van der Waals surface area contributed by atoms with Gasteiger partial charge in [0.1, 0.15) is 28.2 Å². The van der Waals surface area contributed by atoms with Crippen LogP contribution in [0, 0.1) is 6.92 Å². The molecule has 1 aliphatic heterocycles. The molecule has 7 aromatic rings. The summed E-state index contributed by atoms with van der Waals surface area (Å²) >= 11 is 0. The summed E-state index contributed by atoms with van der Waals surface area (Å²) in [6.45, 7) is 11.3. The van der Waals surface area contributed by atoms with Gasteiger partial charge < -0.3 is 28.6 Å². The van der Waals surface area contributed by atoms with E-state index in [0.717, 1.165) is 29.4 Å². The number of nitrogens with one attached hydrogen (secondary N) is 3. The Bertz CT molecular complexity index is 3300. The van der Waals surface area contributed by atoms with Crippen molar-refractivity contribution in [3.63, 3.8) is 0 Å². The van der Waals surface area contributed by atoms with Crippen molar-refractivity contribution in [2.45, 2.75) is 111 Å². The van der Waals surface area contributed by atoms with Gasteiger partial charge in [-0.1, -0.05) is 57.8 Å². The number of halogens is 2. The molecule has 0 saturated carbocycles. The topological polar surface area (TPSA) is 277 Å². The number of nitrogens with zero attached hydrogens (tertiary/aromatic N) is 7. The number of unbranched alkanes of at least 4 members (excludes halogenated alkanes) is 4. The molecular weight excluding hydrogens is 879 g/mol. The van der Waals surface area contributed by atoms with Gasteiger partial charge in [0.2, 0.25) is 5.71 Å². The first-order valence-corrected chi connectivity index (χ1v) is 21.6. The average molecular weight is 927 g/mol. The van der Waals surface area contributed by atoms with Crippen molar-refractivity contribution < 1.29 is 26.9 Å². The number of aromatic amines is 2. The minimum atomic E-state index is -3.07. The Morgan fingerprint density at radius 1 is 0.821 bits per heavy atom. The molecule has 0 aromatic carbocycles. The number of carbonyl (C=O) groups excluding carboxylic acids is 1. The summed E-state index contributed by atoms with van der Waals surface area (Å²) < 4.78 is 43.8. The number of aryl methyl sites for hydroxylation is 5. The van der Waals surface area contributed by atoms with Crippen LogP contribution >= 0.6 is 0 Å². The van der Waals surface area contributed by atoms with Gasteiger partial charge in [-0.25, -0.2) is 28.1 Å². The van der Waals surface area contributed by atoms with Gasteiger partial charge in [0.25, 0.3) is 34.9 Å². The number of aromatic nitrogens is 9. The molecule has 0 radical (unpaired) electrons. The molecule has 0 aliphatic carbocycles. The predicted octanol–water partition coefficient (Wildman–Crippen LogP) is 4.98. The lowest BCUT2D eigenvalue weighted by atomic mass is 9.99. The summed E-state index contributed by atoms with van der Waals surface area (Å²) in [5.41, 5.74) is -1.23. The van der Waals surface area contributed by atoms with Crippen LogP contribution in [0.15, 0.2) is 90.9 Å². The molecule has 22 heteroatoms. The van der Waals surface area contributed by atoms with Crippen LogP contribution in [-0.4, -0.2) is 50.1 Å². The molecule has 3 N–H and O–H groups in total. The van der Waals surface area contributed by atoms with Gasteiger partial charge in [-0.05, 0) is 62.3 Å². The van der Waals surface area contributed by atoms with E-state index < -0.39 is 45.8 Å². The summed E-state index contributed by atoms with van der Waals surface area (Å²) in [5.74, 6) is 0.463. The molecule has 1 aliphatic rings. The number of amides is 1. The van der Waals surface area contributed by atoms with Crippen LogP contribution in [0.5, 0.6) is 0 Å². The zero-order valence-electron chi connectivity index (χ0n) is 37.2. The number of H-pyrrole nitrogens is 2. The molecule has 8 heterocycles. The van der Waals surface area contributed by atoms with Crippen LogP contribution in [0.2, 0.25) is 0 Å². The van der Waals surface area contributed by atoms with Gasteiger partial charge in [-0.3, -0.25) is 33.3 Å². The number of allylic oxidation sites excluding steroid dienone is 1. The summed E-state index contributed by atoms with van der Waals surface area (Å²) in [7, 11) is 0. The Labute approximate surface area is 377 Å². The highest BCUT2D eigenvalue weighted by molar-refractivity contribution is 5.98. The molecule has 0 atom stereocenters. The fourth-order valence-corrected chi connectivity index (χ4v) is 7.31. The first-order valence-electron chi connectivity index (χ1n) is 21.6. The second-order valence-corrected chi connectivity index (χ2v) is 15.3. The first kappa shape index (κ1) is 48.7. The predicted molar refractivity (Wildman–Crippen MR) is 240 cm³/mol. The van der Waals surface area contributed by atoms with Gasteiger partial charge in [-0.2, -0.15) is 9.97 Å². The molecule has 7 aromatic heterocycles. The molecule has 0 bridgehead atoms. The van der Waals surface area contributed by atoms with Gasteiger partial charge in [-0.15, -0.1) is 0 Å². The molecule has 0 saturated heterocycles. The Morgan fingerprint density at radius 3 is 2.24 bits per heavy atom. The van der Waals surface area contributed by atoms with E-state index in [1.165, 1.54) is 16.7 Å². The highest BCUT2D eigenvalue weighted by Crippen LogP contribution is 2.21. The maximum absolute atomic E-state index is 13.3. The zero-order valence-corrected chi connectivity index (χ0v) is 37.2. The number of hydrogen-bond donors (Lipinski definition) is 3. The quantitative estimate of drug-likeness (QED) is 0.121. The lowest BCUT2D eigenvalue weighted by Gasteiger charge is -2.18. The van der Waals surface area contributed by atoms with Crippen LogP contribution in [0.1, 0.15) is 110 Å². The van der Waals surface area contributed by atoms with Crippen LogP contribution < -0.4 is 38.9 Å². The molecule has 67 heavy (non-hydrogen) atoms. The van der Waals surface area contributed by atoms with Crippen molar-refractivity contribution in [2.24, 2.45) is 0 Å². The minimum Gasteiger partial charge on any atom is -0.427 e. The number of carbonyl (C=O) groups is 1. The maximum atomic E-state index is 13.3. The average Bonchev–Trinajstić information content (AvgIpc) is 3.77. The van der Waals surface area contributed by atoms with Crippen molar-refractivity contribution in [3.8, 4) is 11.6 Å². The van der Waals surface area contributed by atoms with Crippen molar-refractivity contribution in [1.82, 2.24) is 49.5 Å². The SMILES string of the molecule is C=C1Cc2oc(=O)cc(CC)c2C(=O)N1.CCCCCCn1c(=O)n(CCCCc2noc(-c3ccccn3)n2)c(=O)c2nc(C(F)F)[nH]c(=O)c21.CCc1cc(=O)oc2nc(C)[nH]c(=O)c12. The van der Waals surface area contributed by atoms with E-state index in [4.69, 9.17) is 13.4 Å². The van der Waals surface area contributed by atoms with Crippen LogP contribution in [0.4, 0.5) is 8.78 Å². The van der Waals surface area contributed by atoms with E-state index >= 15 is 0 Å². The Morgan fingerprint density at radius 2 is 1.54 bits per heavy atom. The summed E-state index contributed by atoms with van der Waals surface area (Å²) in [4.78, 5) is 105. The highest BCUT2D eigenvalue weighted by atomic mass is 19.3. The number of alkyl halides is 2. The van der Waals surface area contributed by atoms with Crippen LogP contribution in [0.3, 0.4) is 0 Å². The minimum absolute atomic E-state index is 0.0198. The number of pyridine rings is 1. The van der Waals surface area contributed by atoms with E-state index in [0.29, 0.717) is 96.1 Å². The Kier molecular flexibility index (Phi) is 15.9. The van der Waals surface area contributed by atoms with Crippen molar-refractivity contribution in [1.29, 1.82) is 0 Å².